The zero-order chi connectivity index (χ0) is 9.26. The lowest BCUT2D eigenvalue weighted by atomic mass is 10.4. The molecule has 0 bridgehead atoms. The first kappa shape index (κ1) is 8.10. The summed E-state index contributed by atoms with van der Waals surface area (Å²) < 4.78 is 0. The van der Waals surface area contributed by atoms with Crippen LogP contribution in [0.5, 0.6) is 0 Å². The summed E-state index contributed by atoms with van der Waals surface area (Å²) in [6, 6.07) is 0. The Hall–Kier alpha value is -1.52. The molecule has 0 aromatic carbocycles. The third-order valence-corrected chi connectivity index (χ3v) is 2.25. The molecule has 0 aliphatic carbocycles. The molecule has 0 amide bonds. The Morgan fingerprint density at radius 2 is 1.92 bits per heavy atom. The van der Waals surface area contributed by atoms with Crippen LogP contribution in [0.4, 0.5) is 5.69 Å². The first-order valence-corrected chi connectivity index (χ1v) is 4.34. The molecule has 0 saturated carbocycles. The minimum Gasteiger partial charge on any atom is -0.366 e. The lowest BCUT2D eigenvalue weighted by Crippen LogP contribution is -2.30. The molecule has 2 rings (SSSR count). The Morgan fingerprint density at radius 1 is 1.23 bits per heavy atom. The van der Waals surface area contributed by atoms with E-state index >= 15 is 0 Å². The van der Waals surface area contributed by atoms with Gasteiger partial charge in [0.2, 0.25) is 0 Å². The number of anilines is 1. The first-order valence-electron chi connectivity index (χ1n) is 4.34. The highest BCUT2D eigenvalue weighted by Gasteiger charge is 2.14. The number of nitrogens with zero attached hydrogens (tertiary/aromatic N) is 1. The Labute approximate surface area is 74.4 Å². The van der Waals surface area contributed by atoms with Crippen molar-refractivity contribution in [2.24, 2.45) is 0 Å². The second-order valence-electron chi connectivity index (χ2n) is 3.15. The Morgan fingerprint density at radius 3 is 2.54 bits per heavy atom. The van der Waals surface area contributed by atoms with Gasteiger partial charge in [-0.25, -0.2) is 4.79 Å². The van der Waals surface area contributed by atoms with Gasteiger partial charge in [0, 0.05) is 19.3 Å². The normalized spacial score (nSPS) is 16.5. The first-order chi connectivity index (χ1) is 6.27. The van der Waals surface area contributed by atoms with Crippen LogP contribution >= 0.6 is 0 Å². The van der Waals surface area contributed by atoms with Crippen LogP contribution in [0.15, 0.2) is 15.8 Å². The molecule has 5 nitrogen and oxygen atoms in total. The third-order valence-electron chi connectivity index (χ3n) is 2.25. The van der Waals surface area contributed by atoms with Crippen LogP contribution in [0.3, 0.4) is 0 Å². The summed E-state index contributed by atoms with van der Waals surface area (Å²) in [5.41, 5.74) is -0.185. The molecular weight excluding hydrogens is 170 g/mol. The number of H-pyrrole nitrogens is 2. The van der Waals surface area contributed by atoms with Gasteiger partial charge in [-0.2, -0.15) is 0 Å². The van der Waals surface area contributed by atoms with Crippen LogP contribution in [0, 0.1) is 0 Å². The van der Waals surface area contributed by atoms with Crippen molar-refractivity contribution in [3.8, 4) is 0 Å². The van der Waals surface area contributed by atoms with Crippen molar-refractivity contribution in [1.82, 2.24) is 9.97 Å². The van der Waals surface area contributed by atoms with Crippen molar-refractivity contribution in [3.05, 3.63) is 27.0 Å². The smallest absolute Gasteiger partial charge is 0.325 e. The minimum absolute atomic E-state index is 0.300. The van der Waals surface area contributed by atoms with Gasteiger partial charge in [-0.3, -0.25) is 9.78 Å². The van der Waals surface area contributed by atoms with E-state index in [0.717, 1.165) is 25.9 Å². The lowest BCUT2D eigenvalue weighted by molar-refractivity contribution is 0.920. The van der Waals surface area contributed by atoms with E-state index in [1.807, 2.05) is 4.90 Å². The summed E-state index contributed by atoms with van der Waals surface area (Å²) in [6.07, 6.45) is 3.70. The fourth-order valence-corrected chi connectivity index (χ4v) is 1.60. The van der Waals surface area contributed by atoms with E-state index in [2.05, 4.69) is 9.97 Å². The highest BCUT2D eigenvalue weighted by atomic mass is 16.2. The molecule has 0 spiro atoms. The molecule has 1 aromatic heterocycles. The SMILES string of the molecule is O=c1[nH]cc(N2CCCC2)c(=O)[nH]1. The molecule has 70 valence electrons. The van der Waals surface area contributed by atoms with Gasteiger partial charge >= 0.3 is 5.69 Å². The summed E-state index contributed by atoms with van der Waals surface area (Å²) in [6.45, 7) is 1.80. The van der Waals surface area contributed by atoms with Crippen LogP contribution in [0.2, 0.25) is 0 Å². The average molecular weight is 181 g/mol. The van der Waals surface area contributed by atoms with Crippen LogP contribution in [0.1, 0.15) is 12.8 Å². The molecule has 0 unspecified atom stereocenters. The maximum absolute atomic E-state index is 11.3. The maximum atomic E-state index is 11.3. The zero-order valence-corrected chi connectivity index (χ0v) is 7.17. The summed E-state index contributed by atoms with van der Waals surface area (Å²) >= 11 is 0. The zero-order valence-electron chi connectivity index (χ0n) is 7.17. The van der Waals surface area contributed by atoms with Crippen molar-refractivity contribution >= 4 is 5.69 Å². The molecule has 2 N–H and O–H groups in total. The molecule has 1 saturated heterocycles. The molecule has 1 aliphatic rings. The molecule has 13 heavy (non-hydrogen) atoms. The van der Waals surface area contributed by atoms with Gasteiger partial charge in [0.15, 0.2) is 0 Å². The van der Waals surface area contributed by atoms with Crippen molar-refractivity contribution in [1.29, 1.82) is 0 Å². The van der Waals surface area contributed by atoms with Gasteiger partial charge in [-0.05, 0) is 12.8 Å². The van der Waals surface area contributed by atoms with Gasteiger partial charge in [-0.1, -0.05) is 0 Å². The van der Waals surface area contributed by atoms with E-state index in [4.69, 9.17) is 0 Å². The quantitative estimate of drug-likeness (QED) is 0.623. The second-order valence-corrected chi connectivity index (χ2v) is 3.15. The van der Waals surface area contributed by atoms with Gasteiger partial charge in [0.05, 0.1) is 0 Å². The Bertz CT molecular complexity index is 400. The van der Waals surface area contributed by atoms with Crippen LogP contribution in [0.25, 0.3) is 0 Å². The minimum atomic E-state index is -0.451. The standard InChI is InChI=1S/C8H11N3O2/c12-7-6(5-9-8(13)10-7)11-3-1-2-4-11/h5H,1-4H2,(H2,9,10,12,13). The van der Waals surface area contributed by atoms with Crippen molar-refractivity contribution in [2.75, 3.05) is 18.0 Å². The van der Waals surface area contributed by atoms with Crippen molar-refractivity contribution < 1.29 is 0 Å². The van der Waals surface area contributed by atoms with Crippen LogP contribution in [-0.2, 0) is 0 Å². The molecular formula is C8H11N3O2. The van der Waals surface area contributed by atoms with E-state index in [9.17, 15) is 9.59 Å². The predicted molar refractivity (Wildman–Crippen MR) is 49.1 cm³/mol. The van der Waals surface area contributed by atoms with Crippen LogP contribution < -0.4 is 16.1 Å². The average Bonchev–Trinajstić information content (AvgIpc) is 2.56. The van der Waals surface area contributed by atoms with E-state index < -0.39 is 5.69 Å². The molecule has 0 radical (unpaired) electrons. The number of aromatic nitrogens is 2. The Kier molecular flexibility index (Phi) is 1.92. The highest BCUT2D eigenvalue weighted by Crippen LogP contribution is 2.13. The van der Waals surface area contributed by atoms with E-state index in [-0.39, 0.29) is 5.56 Å². The molecule has 1 aromatic rings. The van der Waals surface area contributed by atoms with Gasteiger partial charge in [-0.15, -0.1) is 0 Å². The fourth-order valence-electron chi connectivity index (χ4n) is 1.60. The summed E-state index contributed by atoms with van der Waals surface area (Å²) in [5.74, 6) is 0. The molecule has 5 heteroatoms. The van der Waals surface area contributed by atoms with E-state index in [1.165, 1.54) is 6.20 Å². The Balaban J connectivity index is 2.40. The molecule has 2 heterocycles. The van der Waals surface area contributed by atoms with Gasteiger partial charge in [0.1, 0.15) is 5.69 Å². The van der Waals surface area contributed by atoms with Gasteiger partial charge < -0.3 is 9.88 Å². The number of aromatic amines is 2. The highest BCUT2D eigenvalue weighted by molar-refractivity contribution is 5.42. The lowest BCUT2D eigenvalue weighted by Gasteiger charge is -2.14. The van der Waals surface area contributed by atoms with Gasteiger partial charge in [0.25, 0.3) is 5.56 Å². The maximum Gasteiger partial charge on any atom is 0.325 e. The summed E-state index contributed by atoms with van der Waals surface area (Å²) in [4.78, 5) is 28.7. The number of hydrogen-bond acceptors (Lipinski definition) is 3. The third kappa shape index (κ3) is 1.49. The van der Waals surface area contributed by atoms with Crippen molar-refractivity contribution in [2.45, 2.75) is 12.8 Å². The van der Waals surface area contributed by atoms with Crippen LogP contribution in [-0.4, -0.2) is 23.1 Å². The van der Waals surface area contributed by atoms with E-state index in [0.29, 0.717) is 5.69 Å². The summed E-state index contributed by atoms with van der Waals surface area (Å²) in [7, 11) is 0. The van der Waals surface area contributed by atoms with E-state index in [1.54, 1.807) is 0 Å². The molecule has 0 atom stereocenters. The largest absolute Gasteiger partial charge is 0.366 e. The molecule has 1 fully saturated rings. The second kappa shape index (κ2) is 3.08. The predicted octanol–water partition coefficient (Wildman–Crippen LogP) is -0.337. The topological polar surface area (TPSA) is 69.0 Å². The monoisotopic (exact) mass is 181 g/mol. The number of hydrogen-bond donors (Lipinski definition) is 2. The number of rotatable bonds is 1. The summed E-state index contributed by atoms with van der Waals surface area (Å²) in [5, 5.41) is 0. The number of nitrogens with one attached hydrogen (secondary N) is 2. The van der Waals surface area contributed by atoms with Crippen molar-refractivity contribution in [3.63, 3.8) is 0 Å². The fraction of sp³-hybridized carbons (Fsp3) is 0.500. The molecule has 1 aliphatic heterocycles.